The van der Waals surface area contributed by atoms with Crippen LogP contribution in [0.25, 0.3) is 0 Å². The minimum atomic E-state index is -0.264. The molecule has 0 spiro atoms. The van der Waals surface area contributed by atoms with Gasteiger partial charge < -0.3 is 14.2 Å². The third-order valence-corrected chi connectivity index (χ3v) is 5.95. The fourth-order valence-corrected chi connectivity index (χ4v) is 4.01. The summed E-state index contributed by atoms with van der Waals surface area (Å²) >= 11 is 0. The van der Waals surface area contributed by atoms with Crippen molar-refractivity contribution in [3.63, 3.8) is 0 Å². The molecular weight excluding hydrogens is 326 g/mol. The Bertz CT molecular complexity index is 677. The number of hydrogen-bond donors (Lipinski definition) is 0. The predicted molar refractivity (Wildman–Crippen MR) is 97.5 cm³/mol. The minimum absolute atomic E-state index is 0.169. The lowest BCUT2D eigenvalue weighted by molar-refractivity contribution is 0.0500. The molecule has 2 unspecified atom stereocenters. The Morgan fingerprint density at radius 1 is 1.12 bits per heavy atom. The number of benzene rings is 2. The second-order valence-corrected chi connectivity index (χ2v) is 7.60. The van der Waals surface area contributed by atoms with E-state index in [2.05, 4.69) is 13.8 Å². The summed E-state index contributed by atoms with van der Waals surface area (Å²) < 4.78 is 30.3. The third kappa shape index (κ3) is 4.25. The van der Waals surface area contributed by atoms with Crippen molar-refractivity contribution in [2.45, 2.75) is 25.4 Å². The Morgan fingerprint density at radius 3 is 2.50 bits per heavy atom. The monoisotopic (exact) mass is 350 g/mol. The van der Waals surface area contributed by atoms with Crippen molar-refractivity contribution in [1.29, 1.82) is 0 Å². The molecule has 0 aliphatic heterocycles. The van der Waals surface area contributed by atoms with E-state index >= 15 is 0 Å². The number of hydrogen-bond acceptors (Lipinski definition) is 3. The Balaban J connectivity index is 2.45. The van der Waals surface area contributed by atoms with E-state index in [0.29, 0.717) is 0 Å². The van der Waals surface area contributed by atoms with E-state index < -0.39 is 0 Å². The van der Waals surface area contributed by atoms with E-state index in [1.54, 1.807) is 20.3 Å². The van der Waals surface area contributed by atoms with Gasteiger partial charge in [-0.15, -0.1) is 0 Å². The summed E-state index contributed by atoms with van der Waals surface area (Å²) in [4.78, 5) is 0. The van der Waals surface area contributed by atoms with Crippen LogP contribution in [0.5, 0.6) is 11.5 Å². The van der Waals surface area contributed by atoms with Crippen molar-refractivity contribution < 1.29 is 18.6 Å². The maximum atomic E-state index is 14.2. The molecule has 2 aromatic carbocycles. The molecule has 0 saturated heterocycles. The van der Waals surface area contributed by atoms with E-state index in [4.69, 9.17) is 14.2 Å². The summed E-state index contributed by atoms with van der Waals surface area (Å²) in [6.07, 6.45) is 0.844. The van der Waals surface area contributed by atoms with Crippen LogP contribution in [0.1, 0.15) is 25.8 Å². The predicted octanol–water partition coefficient (Wildman–Crippen LogP) is 4.45. The molecule has 0 aliphatic rings. The van der Waals surface area contributed by atoms with E-state index in [-0.39, 0.29) is 26.3 Å². The highest BCUT2D eigenvalue weighted by molar-refractivity contribution is 7.48. The molecule has 3 nitrogen and oxygen atoms in total. The first-order valence-electron chi connectivity index (χ1n) is 7.87. The molecule has 0 N–H and O–H groups in total. The van der Waals surface area contributed by atoms with Crippen molar-refractivity contribution in [3.8, 4) is 11.5 Å². The van der Waals surface area contributed by atoms with Crippen molar-refractivity contribution in [2.24, 2.45) is 0 Å². The van der Waals surface area contributed by atoms with E-state index in [1.807, 2.05) is 30.3 Å². The highest BCUT2D eigenvalue weighted by Crippen LogP contribution is 2.48. The van der Waals surface area contributed by atoms with Crippen LogP contribution < -0.4 is 14.8 Å². The Kier molecular flexibility index (Phi) is 6.59. The topological polar surface area (TPSA) is 27.7 Å². The summed E-state index contributed by atoms with van der Waals surface area (Å²) in [6, 6.07) is 12.6. The van der Waals surface area contributed by atoms with Crippen LogP contribution in [0.15, 0.2) is 42.5 Å². The van der Waals surface area contributed by atoms with Crippen molar-refractivity contribution in [1.82, 2.24) is 0 Å². The Labute approximate surface area is 144 Å². The van der Waals surface area contributed by atoms with Crippen LogP contribution in [0.3, 0.4) is 0 Å². The van der Waals surface area contributed by atoms with Crippen LogP contribution in [-0.4, -0.2) is 21.0 Å². The molecular formula is C19H24FO3P. The van der Waals surface area contributed by atoms with Gasteiger partial charge >= 0.3 is 0 Å². The lowest BCUT2D eigenvalue weighted by atomic mass is 9.96. The van der Waals surface area contributed by atoms with Gasteiger partial charge in [0.05, 0.1) is 7.11 Å². The zero-order valence-corrected chi connectivity index (χ0v) is 15.6. The van der Waals surface area contributed by atoms with Gasteiger partial charge in [0.25, 0.3) is 0 Å². The molecule has 0 amide bonds. The van der Waals surface area contributed by atoms with Gasteiger partial charge in [0.1, 0.15) is 17.3 Å². The number of methoxy groups -OCH3 is 2. The number of halogens is 1. The molecule has 0 fully saturated rings. The molecule has 2 aromatic rings. The molecule has 0 saturated carbocycles. The van der Waals surface area contributed by atoms with E-state index in [0.717, 1.165) is 28.8 Å². The van der Waals surface area contributed by atoms with Gasteiger partial charge in [-0.1, -0.05) is 40.6 Å². The molecule has 0 bridgehead atoms. The first kappa shape index (κ1) is 18.7. The fourth-order valence-electron chi connectivity index (χ4n) is 2.52. The third-order valence-electron chi connectivity index (χ3n) is 4.10. The van der Waals surface area contributed by atoms with Gasteiger partial charge in [0, 0.05) is 23.1 Å². The largest absolute Gasteiger partial charge is 0.497 e. The second kappa shape index (κ2) is 8.46. The first-order valence-corrected chi connectivity index (χ1v) is 8.87. The standard InChI is InChI=1S/C19H24FO3P/c1-5-19(2,24-18-9-7-6-8-16(18)20)15-12-14(22-4)10-11-17(15)23-13-21-3/h6-12,24H,5,13H2,1-4H3. The van der Waals surface area contributed by atoms with Crippen molar-refractivity contribution in [3.05, 3.63) is 53.8 Å². The summed E-state index contributed by atoms with van der Waals surface area (Å²) in [5.74, 6) is 1.33. The van der Waals surface area contributed by atoms with Gasteiger partial charge in [-0.25, -0.2) is 4.39 Å². The van der Waals surface area contributed by atoms with E-state index in [9.17, 15) is 4.39 Å². The summed E-state index contributed by atoms with van der Waals surface area (Å²) in [5, 5.41) is 0.460. The van der Waals surface area contributed by atoms with Crippen LogP contribution in [0, 0.1) is 5.82 Å². The van der Waals surface area contributed by atoms with Crippen molar-refractivity contribution in [2.75, 3.05) is 21.0 Å². The average molecular weight is 350 g/mol. The Hall–Kier alpha value is -1.64. The molecule has 0 heterocycles. The number of rotatable bonds is 8. The van der Waals surface area contributed by atoms with Gasteiger partial charge in [0.2, 0.25) is 0 Å². The van der Waals surface area contributed by atoms with Gasteiger partial charge in [-0.3, -0.25) is 0 Å². The minimum Gasteiger partial charge on any atom is -0.497 e. The molecule has 130 valence electrons. The van der Waals surface area contributed by atoms with Gasteiger partial charge in [0.15, 0.2) is 6.79 Å². The molecule has 2 atom stereocenters. The van der Waals surface area contributed by atoms with Crippen molar-refractivity contribution >= 4 is 13.9 Å². The SMILES string of the molecule is CCC(C)(Pc1ccccc1F)c1cc(OC)ccc1OCOC. The van der Waals surface area contributed by atoms with Gasteiger partial charge in [-0.05, 0) is 30.7 Å². The quantitative estimate of drug-likeness (QED) is 0.520. The lowest BCUT2D eigenvalue weighted by Gasteiger charge is -2.31. The highest BCUT2D eigenvalue weighted by atomic mass is 31.1. The van der Waals surface area contributed by atoms with Crippen LogP contribution in [0.2, 0.25) is 0 Å². The molecule has 0 aliphatic carbocycles. The lowest BCUT2D eigenvalue weighted by Crippen LogP contribution is -2.21. The zero-order chi connectivity index (χ0) is 17.6. The Morgan fingerprint density at radius 2 is 1.88 bits per heavy atom. The summed E-state index contributed by atoms with van der Waals surface area (Å²) in [6.45, 7) is 4.40. The summed E-state index contributed by atoms with van der Waals surface area (Å²) in [5.41, 5.74) is 1.00. The zero-order valence-electron chi connectivity index (χ0n) is 14.6. The van der Waals surface area contributed by atoms with E-state index in [1.165, 1.54) is 6.07 Å². The smallest absolute Gasteiger partial charge is 0.188 e. The second-order valence-electron chi connectivity index (χ2n) is 5.70. The maximum Gasteiger partial charge on any atom is 0.188 e. The molecule has 5 heteroatoms. The van der Waals surface area contributed by atoms with Crippen LogP contribution >= 0.6 is 8.58 Å². The molecule has 24 heavy (non-hydrogen) atoms. The maximum absolute atomic E-state index is 14.2. The highest BCUT2D eigenvalue weighted by Gasteiger charge is 2.30. The van der Waals surface area contributed by atoms with Gasteiger partial charge in [-0.2, -0.15) is 0 Å². The molecule has 0 radical (unpaired) electrons. The molecule has 2 rings (SSSR count). The molecule has 0 aromatic heterocycles. The summed E-state index contributed by atoms with van der Waals surface area (Å²) in [7, 11) is 3.50. The fraction of sp³-hybridized carbons (Fsp3) is 0.368. The normalized spacial score (nSPS) is 13.9. The van der Waals surface area contributed by atoms with Crippen LogP contribution in [-0.2, 0) is 9.89 Å². The number of ether oxygens (including phenoxy) is 3. The first-order chi connectivity index (χ1) is 11.5. The average Bonchev–Trinajstić information content (AvgIpc) is 2.61. The van der Waals surface area contributed by atoms with Crippen LogP contribution in [0.4, 0.5) is 4.39 Å².